The fraction of sp³-hybridized carbons (Fsp3) is 0.278. The number of imidazole rings is 1. The molecule has 1 atom stereocenters. The van der Waals surface area contributed by atoms with E-state index in [0.717, 1.165) is 11.5 Å². The van der Waals surface area contributed by atoms with Gasteiger partial charge in [0.2, 0.25) is 0 Å². The Balaban J connectivity index is 2.19. The minimum absolute atomic E-state index is 0.132. The predicted molar refractivity (Wildman–Crippen MR) is 87.8 cm³/mol. The molecule has 2 heterocycles. The van der Waals surface area contributed by atoms with Crippen LogP contribution in [-0.2, 0) is 11.3 Å². The predicted octanol–water partition coefficient (Wildman–Crippen LogP) is 2.64. The van der Waals surface area contributed by atoms with E-state index in [-0.39, 0.29) is 11.5 Å². The molecular formula is C18H19N3O2. The number of rotatable bonds is 3. The van der Waals surface area contributed by atoms with Crippen molar-refractivity contribution in [2.75, 3.05) is 0 Å². The molecule has 0 bridgehead atoms. The Labute approximate surface area is 135 Å². The summed E-state index contributed by atoms with van der Waals surface area (Å²) in [4.78, 5) is 21.2. The summed E-state index contributed by atoms with van der Waals surface area (Å²) in [6.07, 6.45) is 0.461. The molecule has 5 heteroatoms. The number of carbonyl (C=O) groups is 1. The summed E-state index contributed by atoms with van der Waals surface area (Å²) >= 11 is 0. The van der Waals surface area contributed by atoms with E-state index in [4.69, 9.17) is 0 Å². The van der Waals surface area contributed by atoms with Gasteiger partial charge in [0.05, 0.1) is 23.6 Å². The minimum atomic E-state index is -1.26. The normalized spacial score (nSPS) is 17.7. The Bertz CT molecular complexity index is 803. The van der Waals surface area contributed by atoms with E-state index in [9.17, 15) is 9.90 Å². The molecule has 1 unspecified atom stereocenters. The lowest BCUT2D eigenvalue weighted by Crippen LogP contribution is -2.24. The summed E-state index contributed by atoms with van der Waals surface area (Å²) in [5.41, 5.74) is 2.59. The van der Waals surface area contributed by atoms with E-state index in [1.807, 2.05) is 36.6 Å². The van der Waals surface area contributed by atoms with Gasteiger partial charge in [0.15, 0.2) is 11.9 Å². The van der Waals surface area contributed by atoms with Crippen LogP contribution < -0.4 is 0 Å². The van der Waals surface area contributed by atoms with Crippen LogP contribution in [0.5, 0.6) is 0 Å². The first-order valence-corrected chi connectivity index (χ1v) is 7.52. The van der Waals surface area contributed by atoms with Crippen LogP contribution in [0, 0.1) is 0 Å². The van der Waals surface area contributed by atoms with Gasteiger partial charge >= 0.3 is 0 Å². The standard InChI is InChI=1S/C18H19N3O2/c1-10(2)18-20-14-11(3)12(4)16(22)17(23)15(14)21(18)9-13-7-5-6-8-19-13/h5-8,10,17,23H,3-4,9H2,1-2H3. The summed E-state index contributed by atoms with van der Waals surface area (Å²) in [7, 11) is 0. The van der Waals surface area contributed by atoms with Gasteiger partial charge in [-0.2, -0.15) is 0 Å². The van der Waals surface area contributed by atoms with Gasteiger partial charge in [-0.05, 0) is 12.1 Å². The number of aliphatic hydroxyl groups is 1. The molecule has 0 saturated heterocycles. The Morgan fingerprint density at radius 3 is 2.65 bits per heavy atom. The number of pyridine rings is 1. The maximum absolute atomic E-state index is 12.2. The summed E-state index contributed by atoms with van der Waals surface area (Å²) < 4.78 is 1.88. The highest BCUT2D eigenvalue weighted by Crippen LogP contribution is 2.38. The first-order valence-electron chi connectivity index (χ1n) is 7.52. The monoisotopic (exact) mass is 309 g/mol. The van der Waals surface area contributed by atoms with Crippen LogP contribution in [0.25, 0.3) is 5.57 Å². The first kappa shape index (κ1) is 15.4. The SMILES string of the molecule is C=C1C(=C)c2nc(C(C)C)n(Cc3ccccn3)c2C(O)C1=O. The van der Waals surface area contributed by atoms with E-state index in [1.165, 1.54) is 0 Å². The van der Waals surface area contributed by atoms with Crippen LogP contribution in [0.3, 0.4) is 0 Å². The van der Waals surface area contributed by atoms with Gasteiger partial charge in [-0.1, -0.05) is 33.1 Å². The third-order valence-corrected chi connectivity index (χ3v) is 4.05. The van der Waals surface area contributed by atoms with Gasteiger partial charge < -0.3 is 9.67 Å². The van der Waals surface area contributed by atoms with Gasteiger partial charge in [-0.3, -0.25) is 9.78 Å². The van der Waals surface area contributed by atoms with Crippen LogP contribution in [-0.4, -0.2) is 25.4 Å². The number of aliphatic hydroxyl groups excluding tert-OH is 1. The fourth-order valence-electron chi connectivity index (χ4n) is 2.82. The molecule has 3 rings (SSSR count). The van der Waals surface area contributed by atoms with Gasteiger partial charge in [-0.25, -0.2) is 4.98 Å². The van der Waals surface area contributed by atoms with Crippen molar-refractivity contribution in [3.8, 4) is 0 Å². The molecule has 5 nitrogen and oxygen atoms in total. The molecule has 0 aliphatic heterocycles. The zero-order valence-electron chi connectivity index (χ0n) is 13.3. The van der Waals surface area contributed by atoms with E-state index in [2.05, 4.69) is 23.1 Å². The number of aromatic nitrogens is 3. The number of fused-ring (bicyclic) bond motifs is 1. The summed E-state index contributed by atoms with van der Waals surface area (Å²) in [6.45, 7) is 12.1. The zero-order chi connectivity index (χ0) is 16.7. The van der Waals surface area contributed by atoms with Crippen LogP contribution in [0.15, 0.2) is 43.1 Å². The molecule has 1 aliphatic rings. The highest BCUT2D eigenvalue weighted by Gasteiger charge is 2.37. The molecule has 118 valence electrons. The average molecular weight is 309 g/mol. The molecule has 2 aromatic heterocycles. The highest BCUT2D eigenvalue weighted by atomic mass is 16.3. The summed E-state index contributed by atoms with van der Waals surface area (Å²) in [5.74, 6) is 0.510. The lowest BCUT2D eigenvalue weighted by molar-refractivity contribution is -0.123. The summed E-state index contributed by atoms with van der Waals surface area (Å²) in [5, 5.41) is 10.4. The molecule has 1 N–H and O–H groups in total. The minimum Gasteiger partial charge on any atom is -0.379 e. The van der Waals surface area contributed by atoms with Crippen molar-refractivity contribution >= 4 is 11.4 Å². The Kier molecular flexibility index (Phi) is 3.74. The number of hydrogen-bond acceptors (Lipinski definition) is 4. The Hall–Kier alpha value is -2.53. The van der Waals surface area contributed by atoms with Gasteiger partial charge in [0.25, 0.3) is 0 Å². The number of Topliss-reactive ketones (excluding diaryl/α,β-unsaturated/α-hetero) is 1. The lowest BCUT2D eigenvalue weighted by Gasteiger charge is -2.22. The van der Waals surface area contributed by atoms with E-state index < -0.39 is 11.9 Å². The van der Waals surface area contributed by atoms with Gasteiger partial charge in [-0.15, -0.1) is 0 Å². The number of ketones is 1. The average Bonchev–Trinajstić information content (AvgIpc) is 2.91. The molecule has 0 spiro atoms. The lowest BCUT2D eigenvalue weighted by atomic mass is 9.89. The molecular weight excluding hydrogens is 290 g/mol. The second-order valence-corrected chi connectivity index (χ2v) is 5.99. The smallest absolute Gasteiger partial charge is 0.197 e. The van der Waals surface area contributed by atoms with E-state index in [1.54, 1.807) is 6.20 Å². The molecule has 0 saturated carbocycles. The maximum atomic E-state index is 12.2. The second-order valence-electron chi connectivity index (χ2n) is 5.99. The summed E-state index contributed by atoms with van der Waals surface area (Å²) in [6, 6.07) is 5.66. The van der Waals surface area contributed by atoms with Gasteiger partial charge in [0.1, 0.15) is 5.82 Å². The first-order chi connectivity index (χ1) is 10.9. The Morgan fingerprint density at radius 2 is 2.04 bits per heavy atom. The van der Waals surface area contributed by atoms with Crippen LogP contribution in [0.2, 0.25) is 0 Å². The second kappa shape index (κ2) is 5.59. The van der Waals surface area contributed by atoms with E-state index >= 15 is 0 Å². The number of hydrogen-bond donors (Lipinski definition) is 1. The van der Waals surface area contributed by atoms with Crippen molar-refractivity contribution in [2.45, 2.75) is 32.4 Å². The Morgan fingerprint density at radius 1 is 1.30 bits per heavy atom. The molecule has 23 heavy (non-hydrogen) atoms. The van der Waals surface area contributed by atoms with Gasteiger partial charge in [0, 0.05) is 23.3 Å². The van der Waals surface area contributed by atoms with E-state index in [0.29, 0.717) is 23.5 Å². The largest absolute Gasteiger partial charge is 0.379 e. The fourth-order valence-corrected chi connectivity index (χ4v) is 2.82. The van der Waals surface area contributed by atoms with Crippen molar-refractivity contribution in [3.63, 3.8) is 0 Å². The highest BCUT2D eigenvalue weighted by molar-refractivity contribution is 6.14. The third kappa shape index (κ3) is 2.43. The molecule has 2 aromatic rings. The number of allylic oxidation sites excluding steroid dienone is 1. The maximum Gasteiger partial charge on any atom is 0.197 e. The van der Waals surface area contributed by atoms with Crippen LogP contribution >= 0.6 is 0 Å². The number of nitrogens with zero attached hydrogens (tertiary/aromatic N) is 3. The quantitative estimate of drug-likeness (QED) is 0.885. The molecule has 0 radical (unpaired) electrons. The van der Waals surface area contributed by atoms with Crippen molar-refractivity contribution in [1.82, 2.24) is 14.5 Å². The zero-order valence-corrected chi connectivity index (χ0v) is 13.3. The third-order valence-electron chi connectivity index (χ3n) is 4.05. The van der Waals surface area contributed by atoms with Crippen molar-refractivity contribution < 1.29 is 9.90 Å². The van der Waals surface area contributed by atoms with Crippen molar-refractivity contribution in [3.05, 3.63) is 66.0 Å². The molecule has 0 aromatic carbocycles. The molecule has 1 aliphatic carbocycles. The van der Waals surface area contributed by atoms with Crippen molar-refractivity contribution in [1.29, 1.82) is 0 Å². The molecule has 0 fully saturated rings. The molecule has 0 amide bonds. The van der Waals surface area contributed by atoms with Crippen LogP contribution in [0.4, 0.5) is 0 Å². The van der Waals surface area contributed by atoms with Crippen molar-refractivity contribution in [2.24, 2.45) is 0 Å². The number of carbonyl (C=O) groups excluding carboxylic acids is 1. The topological polar surface area (TPSA) is 68.0 Å². The van der Waals surface area contributed by atoms with Crippen LogP contribution in [0.1, 0.15) is 48.8 Å².